The molecule has 6 heteroatoms. The number of rotatable bonds is 2. The first-order valence-electron chi connectivity index (χ1n) is 9.38. The van der Waals surface area contributed by atoms with Gasteiger partial charge < -0.3 is 14.5 Å². The molecule has 1 aromatic rings. The first-order chi connectivity index (χ1) is 13.2. The fraction of sp³-hybridized carbons (Fsp3) is 0.476. The van der Waals surface area contributed by atoms with Gasteiger partial charge >= 0.3 is 0 Å². The average Bonchev–Trinajstić information content (AvgIpc) is 3.10. The van der Waals surface area contributed by atoms with Gasteiger partial charge in [-0.1, -0.05) is 19.9 Å². The Morgan fingerprint density at radius 2 is 1.96 bits per heavy atom. The Bertz CT molecular complexity index is 715. The second-order valence-corrected chi connectivity index (χ2v) is 6.24. The molecule has 1 unspecified atom stereocenters. The summed E-state index contributed by atoms with van der Waals surface area (Å²) in [4.78, 5) is 9.16. The van der Waals surface area contributed by atoms with Gasteiger partial charge in [-0.3, -0.25) is 0 Å². The highest BCUT2D eigenvalue weighted by atomic mass is 19.2. The quantitative estimate of drug-likeness (QED) is 0.728. The normalized spacial score (nSPS) is 20.0. The van der Waals surface area contributed by atoms with E-state index in [4.69, 9.17) is 4.74 Å². The molecule has 0 bridgehead atoms. The molecule has 0 amide bonds. The van der Waals surface area contributed by atoms with Gasteiger partial charge in [0.05, 0.1) is 0 Å². The third-order valence-electron chi connectivity index (χ3n) is 4.70. The van der Waals surface area contributed by atoms with E-state index in [0.717, 1.165) is 25.2 Å². The molecular weight excluding hydrogens is 348 g/mol. The van der Waals surface area contributed by atoms with Gasteiger partial charge in [0.15, 0.2) is 11.6 Å². The predicted molar refractivity (Wildman–Crippen MR) is 104 cm³/mol. The lowest BCUT2D eigenvalue weighted by Crippen LogP contribution is -2.35. The van der Waals surface area contributed by atoms with Gasteiger partial charge in [0.25, 0.3) is 0 Å². The van der Waals surface area contributed by atoms with Crippen LogP contribution in [-0.4, -0.2) is 41.5 Å². The highest BCUT2D eigenvalue weighted by Gasteiger charge is 2.36. The van der Waals surface area contributed by atoms with Crippen LogP contribution in [0.25, 0.3) is 0 Å². The van der Waals surface area contributed by atoms with Crippen molar-refractivity contribution < 1.29 is 13.5 Å². The monoisotopic (exact) mass is 375 g/mol. The maximum Gasteiger partial charge on any atom is 0.214 e. The number of piperidine rings is 1. The van der Waals surface area contributed by atoms with Crippen LogP contribution in [0.2, 0.25) is 0 Å². The van der Waals surface area contributed by atoms with Crippen LogP contribution in [0.3, 0.4) is 0 Å². The summed E-state index contributed by atoms with van der Waals surface area (Å²) in [5.74, 6) is 0.0500. The number of hydrogen-bond donors (Lipinski definition) is 0. The van der Waals surface area contributed by atoms with Gasteiger partial charge in [0.1, 0.15) is 19.1 Å². The molecule has 0 aromatic heterocycles. The molecule has 1 atom stereocenters. The Hall–Kier alpha value is -2.55. The lowest BCUT2D eigenvalue weighted by molar-refractivity contribution is 0.232. The van der Waals surface area contributed by atoms with E-state index in [2.05, 4.69) is 27.6 Å². The van der Waals surface area contributed by atoms with Crippen molar-refractivity contribution in [3.63, 3.8) is 0 Å². The van der Waals surface area contributed by atoms with Crippen LogP contribution >= 0.6 is 0 Å². The van der Waals surface area contributed by atoms with Crippen molar-refractivity contribution >= 4 is 5.90 Å². The van der Waals surface area contributed by atoms with Crippen molar-refractivity contribution in [3.05, 3.63) is 47.3 Å². The summed E-state index contributed by atoms with van der Waals surface area (Å²) < 4.78 is 31.8. The number of nitrogens with zero attached hydrogens (tertiary/aromatic N) is 3. The SMILES string of the molecule is C#C.CC.Fc1ccc(COC2=NCN3CC4CCCCN4C3=C2)cc1F. The van der Waals surface area contributed by atoms with E-state index in [1.807, 2.05) is 19.9 Å². The fourth-order valence-electron chi connectivity index (χ4n) is 3.51. The molecule has 0 radical (unpaired) electrons. The second-order valence-electron chi connectivity index (χ2n) is 6.24. The van der Waals surface area contributed by atoms with Crippen molar-refractivity contribution in [2.45, 2.75) is 45.8 Å². The summed E-state index contributed by atoms with van der Waals surface area (Å²) in [7, 11) is 0. The first-order valence-corrected chi connectivity index (χ1v) is 9.38. The molecular formula is C21H27F2N3O. The van der Waals surface area contributed by atoms with Crippen LogP contribution in [-0.2, 0) is 11.3 Å². The molecule has 2 fully saturated rings. The van der Waals surface area contributed by atoms with Gasteiger partial charge in [-0.15, -0.1) is 12.8 Å². The molecule has 4 nitrogen and oxygen atoms in total. The minimum Gasteiger partial charge on any atom is -0.473 e. The summed E-state index contributed by atoms with van der Waals surface area (Å²) in [5, 5.41) is 0. The standard InChI is InChI=1S/C17H19F2N3O.C2H6.C2H2/c18-14-5-4-12(7-15(14)19)10-23-16-8-17-21(11-20-16)9-13-3-1-2-6-22(13)17;2*1-2/h4-5,7-8,13H,1-3,6,9-11H2;1-2H3;1-2H. The van der Waals surface area contributed by atoms with Crippen molar-refractivity contribution in [1.82, 2.24) is 9.80 Å². The van der Waals surface area contributed by atoms with Gasteiger partial charge in [0, 0.05) is 25.2 Å². The number of halogens is 2. The van der Waals surface area contributed by atoms with E-state index in [0.29, 0.717) is 24.2 Å². The van der Waals surface area contributed by atoms with Crippen molar-refractivity contribution in [1.29, 1.82) is 0 Å². The van der Waals surface area contributed by atoms with Gasteiger partial charge in [-0.2, -0.15) is 0 Å². The third kappa shape index (κ3) is 4.79. The number of terminal acetylenes is 1. The lowest BCUT2D eigenvalue weighted by atomic mass is 10.0. The Balaban J connectivity index is 0.000000614. The van der Waals surface area contributed by atoms with E-state index < -0.39 is 11.6 Å². The van der Waals surface area contributed by atoms with Crippen molar-refractivity contribution in [3.8, 4) is 12.8 Å². The minimum absolute atomic E-state index is 0.184. The number of hydrogen-bond acceptors (Lipinski definition) is 4. The smallest absolute Gasteiger partial charge is 0.214 e. The van der Waals surface area contributed by atoms with Crippen LogP contribution in [0.4, 0.5) is 8.78 Å². The molecule has 3 aliphatic rings. The topological polar surface area (TPSA) is 28.1 Å². The van der Waals surface area contributed by atoms with E-state index in [1.54, 1.807) is 0 Å². The molecule has 0 N–H and O–H groups in total. The summed E-state index contributed by atoms with van der Waals surface area (Å²) in [6, 6.07) is 4.40. The summed E-state index contributed by atoms with van der Waals surface area (Å²) in [6.07, 6.45) is 13.7. The number of ether oxygens (including phenoxy) is 1. The molecule has 0 aliphatic carbocycles. The van der Waals surface area contributed by atoms with Crippen molar-refractivity contribution in [2.75, 3.05) is 19.8 Å². The molecule has 3 heterocycles. The lowest BCUT2D eigenvalue weighted by Gasteiger charge is -2.32. The Morgan fingerprint density at radius 1 is 1.19 bits per heavy atom. The van der Waals surface area contributed by atoms with Crippen molar-refractivity contribution in [2.24, 2.45) is 4.99 Å². The molecule has 27 heavy (non-hydrogen) atoms. The molecule has 4 rings (SSSR count). The van der Waals surface area contributed by atoms with Gasteiger partial charge in [-0.05, 0) is 37.0 Å². The highest BCUT2D eigenvalue weighted by Crippen LogP contribution is 2.32. The molecule has 3 aliphatic heterocycles. The maximum absolute atomic E-state index is 13.2. The van der Waals surface area contributed by atoms with E-state index in [9.17, 15) is 8.78 Å². The molecule has 146 valence electrons. The molecule has 2 saturated heterocycles. The largest absolute Gasteiger partial charge is 0.473 e. The zero-order chi connectivity index (χ0) is 19.8. The zero-order valence-corrected chi connectivity index (χ0v) is 16.0. The highest BCUT2D eigenvalue weighted by molar-refractivity contribution is 5.89. The number of benzene rings is 1. The molecule has 0 saturated carbocycles. The average molecular weight is 375 g/mol. The van der Waals surface area contributed by atoms with Crippen LogP contribution in [0.15, 0.2) is 35.1 Å². The first kappa shape index (κ1) is 20.8. The minimum atomic E-state index is -0.854. The Morgan fingerprint density at radius 3 is 2.70 bits per heavy atom. The summed E-state index contributed by atoms with van der Waals surface area (Å²) >= 11 is 0. The summed E-state index contributed by atoms with van der Waals surface area (Å²) in [6.45, 7) is 6.91. The predicted octanol–water partition coefficient (Wildman–Crippen LogP) is 4.14. The zero-order valence-electron chi connectivity index (χ0n) is 16.0. The Kier molecular flexibility index (Phi) is 7.66. The number of fused-ring (bicyclic) bond motifs is 3. The van der Waals surface area contributed by atoms with Crippen LogP contribution in [0, 0.1) is 24.5 Å². The Labute approximate surface area is 160 Å². The van der Waals surface area contributed by atoms with Gasteiger partial charge in [-0.25, -0.2) is 13.8 Å². The summed E-state index contributed by atoms with van der Waals surface area (Å²) in [5.41, 5.74) is 0.592. The van der Waals surface area contributed by atoms with E-state index >= 15 is 0 Å². The maximum atomic E-state index is 13.2. The van der Waals surface area contributed by atoms with E-state index in [1.165, 1.54) is 31.1 Å². The fourth-order valence-corrected chi connectivity index (χ4v) is 3.51. The third-order valence-corrected chi connectivity index (χ3v) is 4.70. The van der Waals surface area contributed by atoms with Crippen LogP contribution in [0.5, 0.6) is 0 Å². The number of aliphatic imine (C=N–C) groups is 1. The second kappa shape index (κ2) is 9.96. The van der Waals surface area contributed by atoms with Gasteiger partial charge in [0.2, 0.25) is 5.90 Å². The molecule has 1 aromatic carbocycles. The van der Waals surface area contributed by atoms with Crippen LogP contribution < -0.4 is 0 Å². The molecule has 0 spiro atoms. The van der Waals surface area contributed by atoms with E-state index in [-0.39, 0.29) is 6.61 Å². The van der Waals surface area contributed by atoms with Crippen LogP contribution in [0.1, 0.15) is 38.7 Å².